The summed E-state index contributed by atoms with van der Waals surface area (Å²) in [6.45, 7) is 5.54. The zero-order valence-corrected chi connectivity index (χ0v) is 11.3. The maximum Gasteiger partial charge on any atom is 0.141 e. The van der Waals surface area contributed by atoms with Crippen LogP contribution in [0.4, 0.5) is 0 Å². The molecule has 2 aromatic heterocycles. The fourth-order valence-corrected chi connectivity index (χ4v) is 2.07. The first kappa shape index (κ1) is 15.4. The topological polar surface area (TPSA) is 78.3 Å². The van der Waals surface area contributed by atoms with Crippen molar-refractivity contribution >= 4 is 0 Å². The van der Waals surface area contributed by atoms with Gasteiger partial charge in [0.1, 0.15) is 23.5 Å². The van der Waals surface area contributed by atoms with E-state index in [0.29, 0.717) is 22.6 Å². The molecule has 0 amide bonds. The predicted octanol–water partition coefficient (Wildman–Crippen LogP) is 2.79. The highest BCUT2D eigenvalue weighted by atomic mass is 15.3. The lowest BCUT2D eigenvalue weighted by Crippen LogP contribution is -1.97. The van der Waals surface area contributed by atoms with Crippen LogP contribution in [0.3, 0.4) is 0 Å². The fourth-order valence-electron chi connectivity index (χ4n) is 2.07. The number of hydrogen-bond donors (Lipinski definition) is 0. The van der Waals surface area contributed by atoms with Crippen molar-refractivity contribution in [3.8, 4) is 23.5 Å². The molecule has 0 spiro atoms. The molecular weight excluding hydrogens is 250 g/mol. The number of nitriles is 2. The van der Waals surface area contributed by atoms with Crippen LogP contribution in [0.25, 0.3) is 11.4 Å². The Hall–Kier alpha value is -2.66. The first-order valence-corrected chi connectivity index (χ1v) is 5.82. The maximum absolute atomic E-state index is 9.09. The van der Waals surface area contributed by atoms with Crippen LogP contribution in [0.1, 0.15) is 35.5 Å². The molecule has 2 rings (SSSR count). The van der Waals surface area contributed by atoms with E-state index in [1.807, 2.05) is 13.8 Å². The molecule has 20 heavy (non-hydrogen) atoms. The lowest BCUT2D eigenvalue weighted by molar-refractivity contribution is 0.757. The van der Waals surface area contributed by atoms with Crippen molar-refractivity contribution in [2.75, 3.05) is 0 Å². The summed E-state index contributed by atoms with van der Waals surface area (Å²) in [6.07, 6.45) is 0. The Morgan fingerprint density at radius 3 is 2.25 bits per heavy atom. The maximum atomic E-state index is 9.09. The van der Waals surface area contributed by atoms with Crippen LogP contribution in [0.15, 0.2) is 6.07 Å². The number of nitrogens with zero attached hydrogens (tertiary/aromatic N) is 5. The second-order valence-electron chi connectivity index (χ2n) is 4.46. The van der Waals surface area contributed by atoms with Gasteiger partial charge in [0.2, 0.25) is 0 Å². The molecule has 2 aromatic rings. The normalized spacial score (nSPS) is 9.50. The summed E-state index contributed by atoms with van der Waals surface area (Å²) in [7, 11) is 1.74. The summed E-state index contributed by atoms with van der Waals surface area (Å²) < 4.78 is 1.55. The van der Waals surface area contributed by atoms with E-state index in [1.54, 1.807) is 24.7 Å². The Bertz CT molecular complexity index is 741. The molecule has 0 N–H and O–H groups in total. The molecule has 0 atom stereocenters. The first-order chi connectivity index (χ1) is 8.99. The average molecular weight is 267 g/mol. The summed E-state index contributed by atoms with van der Waals surface area (Å²) in [5, 5.41) is 22.4. The van der Waals surface area contributed by atoms with Crippen LogP contribution < -0.4 is 0 Å². The second kappa shape index (κ2) is 5.54. The molecule has 5 heteroatoms. The molecule has 0 aliphatic rings. The van der Waals surface area contributed by atoms with Gasteiger partial charge in [0.15, 0.2) is 0 Å². The van der Waals surface area contributed by atoms with E-state index in [4.69, 9.17) is 10.5 Å². The standard InChI is InChI=1S/C14H13N5.CH4/c1-8-5-11(6-15)10(3)17-13(8)14-9(2)12(7-16)19(4)18-14;/h5H,1-4H3;1H4. The zero-order valence-electron chi connectivity index (χ0n) is 11.3. The molecule has 0 fully saturated rings. The lowest BCUT2D eigenvalue weighted by atomic mass is 10.0. The van der Waals surface area contributed by atoms with E-state index in [1.165, 1.54) is 0 Å². The van der Waals surface area contributed by atoms with E-state index in [-0.39, 0.29) is 7.43 Å². The van der Waals surface area contributed by atoms with Gasteiger partial charge >= 0.3 is 0 Å². The smallest absolute Gasteiger partial charge is 0.141 e. The summed E-state index contributed by atoms with van der Waals surface area (Å²) >= 11 is 0. The number of hydrogen-bond acceptors (Lipinski definition) is 4. The third-order valence-electron chi connectivity index (χ3n) is 3.14. The van der Waals surface area contributed by atoms with Crippen LogP contribution in [0.5, 0.6) is 0 Å². The third-order valence-corrected chi connectivity index (χ3v) is 3.14. The number of aromatic nitrogens is 3. The Kier molecular flexibility index (Phi) is 4.27. The quantitative estimate of drug-likeness (QED) is 0.795. The van der Waals surface area contributed by atoms with Crippen molar-refractivity contribution in [2.45, 2.75) is 28.2 Å². The van der Waals surface area contributed by atoms with Crippen LogP contribution in [0, 0.1) is 43.4 Å². The van der Waals surface area contributed by atoms with Crippen molar-refractivity contribution in [3.63, 3.8) is 0 Å². The van der Waals surface area contributed by atoms with Gasteiger partial charge in [-0.15, -0.1) is 0 Å². The molecule has 0 unspecified atom stereocenters. The minimum Gasteiger partial charge on any atom is -0.257 e. The van der Waals surface area contributed by atoms with Crippen LogP contribution >= 0.6 is 0 Å². The molecular formula is C15H17N5. The monoisotopic (exact) mass is 267 g/mol. The molecule has 2 heterocycles. The van der Waals surface area contributed by atoms with Crippen molar-refractivity contribution in [1.82, 2.24) is 14.8 Å². The largest absolute Gasteiger partial charge is 0.257 e. The van der Waals surface area contributed by atoms with Crippen molar-refractivity contribution in [1.29, 1.82) is 10.5 Å². The van der Waals surface area contributed by atoms with E-state index < -0.39 is 0 Å². The van der Waals surface area contributed by atoms with Gasteiger partial charge in [-0.05, 0) is 32.4 Å². The first-order valence-electron chi connectivity index (χ1n) is 5.82. The molecule has 0 aliphatic carbocycles. The molecule has 0 saturated carbocycles. The molecule has 0 radical (unpaired) electrons. The van der Waals surface area contributed by atoms with Gasteiger partial charge in [-0.2, -0.15) is 15.6 Å². The molecule has 0 saturated heterocycles. The molecule has 0 aliphatic heterocycles. The molecule has 102 valence electrons. The Morgan fingerprint density at radius 2 is 1.75 bits per heavy atom. The Balaban J connectivity index is 0.00000200. The summed E-state index contributed by atoms with van der Waals surface area (Å²) in [5.41, 5.74) is 4.88. The zero-order chi connectivity index (χ0) is 14.2. The molecule has 0 aromatic carbocycles. The van der Waals surface area contributed by atoms with Crippen LogP contribution in [-0.4, -0.2) is 14.8 Å². The van der Waals surface area contributed by atoms with Gasteiger partial charge in [0.25, 0.3) is 0 Å². The van der Waals surface area contributed by atoms with Gasteiger partial charge in [0.05, 0.1) is 17.0 Å². The fraction of sp³-hybridized carbons (Fsp3) is 0.333. The highest BCUT2D eigenvalue weighted by Crippen LogP contribution is 2.26. The highest BCUT2D eigenvalue weighted by Gasteiger charge is 2.17. The van der Waals surface area contributed by atoms with Crippen molar-refractivity contribution in [2.24, 2.45) is 7.05 Å². The third kappa shape index (κ3) is 2.26. The highest BCUT2D eigenvalue weighted by molar-refractivity contribution is 5.66. The van der Waals surface area contributed by atoms with Crippen molar-refractivity contribution < 1.29 is 0 Å². The number of rotatable bonds is 1. The Morgan fingerprint density at radius 1 is 1.10 bits per heavy atom. The average Bonchev–Trinajstić information content (AvgIpc) is 2.66. The van der Waals surface area contributed by atoms with E-state index in [9.17, 15) is 0 Å². The van der Waals surface area contributed by atoms with Crippen LogP contribution in [0.2, 0.25) is 0 Å². The second-order valence-corrected chi connectivity index (χ2v) is 4.46. The van der Waals surface area contributed by atoms with E-state index in [2.05, 4.69) is 22.2 Å². The SMILES string of the molecule is C.Cc1cc(C#N)c(C)nc1-c1nn(C)c(C#N)c1C. The summed E-state index contributed by atoms with van der Waals surface area (Å²) in [6, 6.07) is 6.05. The van der Waals surface area contributed by atoms with E-state index >= 15 is 0 Å². The molecule has 5 nitrogen and oxygen atoms in total. The lowest BCUT2D eigenvalue weighted by Gasteiger charge is -2.06. The number of pyridine rings is 1. The van der Waals surface area contributed by atoms with E-state index in [0.717, 1.165) is 16.8 Å². The van der Waals surface area contributed by atoms with Gasteiger partial charge in [-0.1, -0.05) is 7.43 Å². The minimum absolute atomic E-state index is 0. The number of aryl methyl sites for hydroxylation is 3. The summed E-state index contributed by atoms with van der Waals surface area (Å²) in [4.78, 5) is 4.46. The molecule has 0 bridgehead atoms. The Labute approximate surface area is 119 Å². The van der Waals surface area contributed by atoms with Gasteiger partial charge in [-0.25, -0.2) is 4.98 Å². The summed E-state index contributed by atoms with van der Waals surface area (Å²) in [5.74, 6) is 0. The van der Waals surface area contributed by atoms with Gasteiger partial charge in [0, 0.05) is 12.6 Å². The minimum atomic E-state index is 0. The van der Waals surface area contributed by atoms with Crippen molar-refractivity contribution in [3.05, 3.63) is 34.1 Å². The predicted molar refractivity (Wildman–Crippen MR) is 76.8 cm³/mol. The van der Waals surface area contributed by atoms with Crippen LogP contribution in [-0.2, 0) is 7.05 Å². The van der Waals surface area contributed by atoms with Gasteiger partial charge < -0.3 is 0 Å². The van der Waals surface area contributed by atoms with Gasteiger partial charge in [-0.3, -0.25) is 4.68 Å².